The van der Waals surface area contributed by atoms with Crippen LogP contribution in [0.1, 0.15) is 61.6 Å². The zero-order valence-corrected chi connectivity index (χ0v) is 16.5. The number of hydrogen-bond acceptors (Lipinski definition) is 1. The molecule has 0 saturated carbocycles. The molecule has 0 radical (unpaired) electrons. The van der Waals surface area contributed by atoms with Gasteiger partial charge in [-0.2, -0.15) is 5.26 Å². The smallest absolute Gasteiger partial charge is 0.141 e. The third-order valence-corrected chi connectivity index (χ3v) is 5.21. The first kappa shape index (κ1) is 20.6. The van der Waals surface area contributed by atoms with Crippen LogP contribution in [-0.2, 0) is 12.8 Å². The number of nitriles is 1. The highest BCUT2D eigenvalue weighted by Crippen LogP contribution is 2.18. The molecule has 0 N–H and O–H groups in total. The number of nitrogens with zero attached hydrogens (tertiary/aromatic N) is 1. The van der Waals surface area contributed by atoms with Crippen LogP contribution in [0.5, 0.6) is 0 Å². The van der Waals surface area contributed by atoms with Gasteiger partial charge in [-0.1, -0.05) is 44.2 Å². The second-order valence-electron chi connectivity index (χ2n) is 6.65. The van der Waals surface area contributed by atoms with Gasteiger partial charge in [0, 0.05) is 0 Å². The number of aryl methyl sites for hydroxylation is 2. The first-order valence-electron chi connectivity index (χ1n) is 9.22. The van der Waals surface area contributed by atoms with E-state index in [-0.39, 0.29) is 11.4 Å². The summed E-state index contributed by atoms with van der Waals surface area (Å²) in [4.78, 5) is 0. The normalized spacial score (nSPS) is 10.7. The average molecular weight is 420 g/mol. The minimum atomic E-state index is -0.421. The van der Waals surface area contributed by atoms with Gasteiger partial charge >= 0.3 is 0 Å². The predicted octanol–water partition coefficient (Wildman–Crippen LogP) is 7.11. The van der Waals surface area contributed by atoms with Crippen molar-refractivity contribution in [1.29, 1.82) is 5.26 Å². The first-order chi connectivity index (χ1) is 12.6. The van der Waals surface area contributed by atoms with Gasteiger partial charge in [-0.05, 0) is 77.0 Å². The summed E-state index contributed by atoms with van der Waals surface area (Å²) in [6, 6.07) is 12.1. The highest BCUT2D eigenvalue weighted by atomic mass is 79.9. The van der Waals surface area contributed by atoms with Gasteiger partial charge in [0.1, 0.15) is 17.7 Å². The third-order valence-electron chi connectivity index (χ3n) is 4.57. The Labute approximate surface area is 163 Å². The summed E-state index contributed by atoms with van der Waals surface area (Å²) in [6.07, 6.45) is 9.81. The Bertz CT molecular complexity index is 752. The fourth-order valence-electron chi connectivity index (χ4n) is 3.04. The molecule has 0 atom stereocenters. The number of unbranched alkanes of at least 4 members (excludes halogenated alkanes) is 6. The van der Waals surface area contributed by atoms with Gasteiger partial charge in [-0.25, -0.2) is 8.78 Å². The lowest BCUT2D eigenvalue weighted by molar-refractivity contribution is 0.576. The molecule has 0 aliphatic carbocycles. The van der Waals surface area contributed by atoms with E-state index in [0.29, 0.717) is 4.47 Å². The lowest BCUT2D eigenvalue weighted by Crippen LogP contribution is -1.91. The van der Waals surface area contributed by atoms with E-state index in [1.165, 1.54) is 31.7 Å². The highest BCUT2D eigenvalue weighted by molar-refractivity contribution is 9.10. The summed E-state index contributed by atoms with van der Waals surface area (Å²) >= 11 is 3.17. The quantitative estimate of drug-likeness (QED) is 0.376. The Morgan fingerprint density at radius 2 is 1.23 bits per heavy atom. The van der Waals surface area contributed by atoms with Crippen molar-refractivity contribution < 1.29 is 8.78 Å². The number of hydrogen-bond donors (Lipinski definition) is 0. The van der Waals surface area contributed by atoms with E-state index in [9.17, 15) is 8.78 Å². The molecule has 26 heavy (non-hydrogen) atoms. The van der Waals surface area contributed by atoms with E-state index < -0.39 is 5.82 Å². The summed E-state index contributed by atoms with van der Waals surface area (Å²) in [5.41, 5.74) is 2.13. The Balaban J connectivity index is 1.51. The SMILES string of the molecule is N#Cc1ccc(CCCCCCCCCc2ccc(Br)c(F)c2)cc1F. The molecule has 0 aliphatic heterocycles. The minimum absolute atomic E-state index is 0.111. The van der Waals surface area contributed by atoms with Crippen LogP contribution in [0.15, 0.2) is 40.9 Å². The van der Waals surface area contributed by atoms with Crippen molar-refractivity contribution in [1.82, 2.24) is 0 Å². The largest absolute Gasteiger partial charge is 0.206 e. The van der Waals surface area contributed by atoms with Gasteiger partial charge in [0.25, 0.3) is 0 Å². The molecule has 2 aromatic rings. The molecular weight excluding hydrogens is 396 g/mol. The van der Waals surface area contributed by atoms with E-state index in [1.807, 2.05) is 18.2 Å². The predicted molar refractivity (Wildman–Crippen MR) is 105 cm³/mol. The average Bonchev–Trinajstić information content (AvgIpc) is 2.63. The van der Waals surface area contributed by atoms with Crippen LogP contribution < -0.4 is 0 Å². The molecule has 0 bridgehead atoms. The summed E-state index contributed by atoms with van der Waals surface area (Å²) in [5, 5.41) is 8.72. The zero-order valence-electron chi connectivity index (χ0n) is 14.9. The summed E-state index contributed by atoms with van der Waals surface area (Å²) in [5.74, 6) is -0.611. The molecule has 0 aromatic heterocycles. The van der Waals surface area contributed by atoms with E-state index in [0.717, 1.165) is 43.2 Å². The number of rotatable bonds is 10. The van der Waals surface area contributed by atoms with E-state index in [4.69, 9.17) is 5.26 Å². The van der Waals surface area contributed by atoms with Crippen molar-refractivity contribution in [3.05, 3.63) is 69.2 Å². The van der Waals surface area contributed by atoms with Crippen molar-refractivity contribution in [2.45, 2.75) is 57.8 Å². The molecule has 0 aliphatic rings. The molecule has 0 spiro atoms. The van der Waals surface area contributed by atoms with E-state index in [2.05, 4.69) is 15.9 Å². The van der Waals surface area contributed by atoms with E-state index >= 15 is 0 Å². The molecule has 0 unspecified atom stereocenters. The second-order valence-corrected chi connectivity index (χ2v) is 7.50. The van der Waals surface area contributed by atoms with E-state index in [1.54, 1.807) is 18.2 Å². The highest BCUT2D eigenvalue weighted by Gasteiger charge is 2.03. The molecular formula is C22H24BrF2N. The Morgan fingerprint density at radius 3 is 1.73 bits per heavy atom. The molecule has 138 valence electrons. The third kappa shape index (κ3) is 6.88. The monoisotopic (exact) mass is 419 g/mol. The number of halogens is 3. The molecule has 2 aromatic carbocycles. The molecule has 2 rings (SSSR count). The van der Waals surface area contributed by atoms with Crippen molar-refractivity contribution in [3.8, 4) is 6.07 Å². The van der Waals surface area contributed by atoms with Crippen molar-refractivity contribution in [3.63, 3.8) is 0 Å². The van der Waals surface area contributed by atoms with Crippen molar-refractivity contribution >= 4 is 15.9 Å². The van der Waals surface area contributed by atoms with Crippen LogP contribution in [0.25, 0.3) is 0 Å². The molecule has 0 fully saturated rings. The Kier molecular flexibility index (Phi) is 8.77. The lowest BCUT2D eigenvalue weighted by atomic mass is 10.0. The maximum absolute atomic E-state index is 13.5. The number of benzene rings is 2. The van der Waals surface area contributed by atoms with Gasteiger partial charge in [0.05, 0.1) is 10.0 Å². The standard InChI is InChI=1S/C22H24BrF2N/c23-20-13-11-18(15-22(20)25)9-7-5-3-1-2-4-6-8-17-10-12-19(16-26)21(24)14-17/h10-15H,1-9H2. The van der Waals surface area contributed by atoms with Crippen LogP contribution in [-0.4, -0.2) is 0 Å². The van der Waals surface area contributed by atoms with Gasteiger partial charge < -0.3 is 0 Å². The first-order valence-corrected chi connectivity index (χ1v) is 10.0. The second kappa shape index (κ2) is 11.1. The van der Waals surface area contributed by atoms with Crippen LogP contribution in [0, 0.1) is 23.0 Å². The molecule has 4 heteroatoms. The van der Waals surface area contributed by atoms with Crippen molar-refractivity contribution in [2.24, 2.45) is 0 Å². The maximum atomic E-state index is 13.5. The fourth-order valence-corrected chi connectivity index (χ4v) is 3.29. The van der Waals surface area contributed by atoms with Crippen molar-refractivity contribution in [2.75, 3.05) is 0 Å². The summed E-state index contributed by atoms with van der Waals surface area (Å²) in [6.45, 7) is 0. The molecule has 0 saturated heterocycles. The van der Waals surface area contributed by atoms with Crippen LogP contribution in [0.3, 0.4) is 0 Å². The van der Waals surface area contributed by atoms with Crippen LogP contribution >= 0.6 is 15.9 Å². The fraction of sp³-hybridized carbons (Fsp3) is 0.409. The van der Waals surface area contributed by atoms with Gasteiger partial charge in [0.15, 0.2) is 0 Å². The Morgan fingerprint density at radius 1 is 0.731 bits per heavy atom. The van der Waals surface area contributed by atoms with Gasteiger partial charge in [0.2, 0.25) is 0 Å². The summed E-state index contributed by atoms with van der Waals surface area (Å²) < 4.78 is 27.5. The minimum Gasteiger partial charge on any atom is -0.206 e. The molecule has 0 amide bonds. The zero-order chi connectivity index (χ0) is 18.8. The topological polar surface area (TPSA) is 23.8 Å². The molecule has 1 nitrogen and oxygen atoms in total. The van der Waals surface area contributed by atoms with Gasteiger partial charge in [-0.15, -0.1) is 0 Å². The lowest BCUT2D eigenvalue weighted by Gasteiger charge is -2.05. The van der Waals surface area contributed by atoms with Gasteiger partial charge in [-0.3, -0.25) is 0 Å². The Hall–Kier alpha value is -1.73. The van der Waals surface area contributed by atoms with Crippen LogP contribution in [0.2, 0.25) is 0 Å². The van der Waals surface area contributed by atoms with Crippen LogP contribution in [0.4, 0.5) is 8.78 Å². The maximum Gasteiger partial charge on any atom is 0.141 e. The molecule has 0 heterocycles. The summed E-state index contributed by atoms with van der Waals surface area (Å²) in [7, 11) is 0.